The maximum Gasteiger partial charge on any atom is 0.222 e. The van der Waals surface area contributed by atoms with Crippen molar-refractivity contribution in [2.45, 2.75) is 13.3 Å². The number of carbonyl (C=O) groups excluding carboxylic acids is 2. The smallest absolute Gasteiger partial charge is 0.222 e. The summed E-state index contributed by atoms with van der Waals surface area (Å²) in [6.07, 6.45) is 0.215. The molecule has 0 aromatic heterocycles. The Hall–Kier alpha value is -1.25. The van der Waals surface area contributed by atoms with Gasteiger partial charge in [0.1, 0.15) is 6.67 Å². The van der Waals surface area contributed by atoms with Gasteiger partial charge in [0.05, 0.1) is 39.6 Å². The molecule has 0 unspecified atom stereocenters. The lowest BCUT2D eigenvalue weighted by atomic mass is 10.4. The van der Waals surface area contributed by atoms with Gasteiger partial charge in [-0.25, -0.2) is 4.39 Å². The van der Waals surface area contributed by atoms with Crippen LogP contribution >= 0.6 is 0 Å². The Morgan fingerprint density at radius 1 is 0.857 bits per heavy atom. The quantitative estimate of drug-likeness (QED) is 0.428. The van der Waals surface area contributed by atoms with Gasteiger partial charge in [-0.3, -0.25) is 9.59 Å². The summed E-state index contributed by atoms with van der Waals surface area (Å²) in [6, 6.07) is 0. The number of hydrogen-bond donors (Lipinski definition) is 2. The summed E-state index contributed by atoms with van der Waals surface area (Å²) in [4.78, 5) is 21.6. The number of ether oxygens (including phenoxy) is 3. The fraction of sp³-hybridized carbons (Fsp3) is 0.846. The Kier molecular flexibility index (Phi) is 14.2. The van der Waals surface area contributed by atoms with Gasteiger partial charge in [-0.15, -0.1) is 0 Å². The van der Waals surface area contributed by atoms with Crippen LogP contribution in [0.2, 0.25) is 0 Å². The first-order chi connectivity index (χ1) is 10.2. The van der Waals surface area contributed by atoms with Crippen LogP contribution in [-0.4, -0.2) is 71.2 Å². The van der Waals surface area contributed by atoms with Crippen molar-refractivity contribution in [3.05, 3.63) is 0 Å². The fourth-order valence-electron chi connectivity index (χ4n) is 1.28. The first kappa shape index (κ1) is 19.8. The lowest BCUT2D eigenvalue weighted by molar-refractivity contribution is -0.122. The van der Waals surface area contributed by atoms with E-state index in [2.05, 4.69) is 10.6 Å². The second-order valence-corrected chi connectivity index (χ2v) is 4.11. The average molecular weight is 308 g/mol. The number of nitrogens with one attached hydrogen (secondary N) is 2. The van der Waals surface area contributed by atoms with E-state index in [1.165, 1.54) is 6.92 Å². The molecular weight excluding hydrogens is 283 g/mol. The van der Waals surface area contributed by atoms with Crippen molar-refractivity contribution in [3.8, 4) is 0 Å². The van der Waals surface area contributed by atoms with E-state index in [1.807, 2.05) is 0 Å². The predicted molar refractivity (Wildman–Crippen MR) is 74.7 cm³/mol. The Morgan fingerprint density at radius 3 is 2.00 bits per heavy atom. The Balaban J connectivity index is 3.09. The lowest BCUT2D eigenvalue weighted by Gasteiger charge is -2.07. The van der Waals surface area contributed by atoms with Crippen molar-refractivity contribution in [2.24, 2.45) is 0 Å². The third-order valence-corrected chi connectivity index (χ3v) is 2.25. The molecule has 21 heavy (non-hydrogen) atoms. The number of rotatable bonds is 14. The molecule has 0 saturated carbocycles. The van der Waals surface area contributed by atoms with Crippen molar-refractivity contribution in [1.82, 2.24) is 10.6 Å². The van der Waals surface area contributed by atoms with Gasteiger partial charge in [0.25, 0.3) is 0 Å². The van der Waals surface area contributed by atoms with Crippen LogP contribution in [0, 0.1) is 0 Å². The zero-order chi connectivity index (χ0) is 15.8. The minimum atomic E-state index is -0.562. The molecule has 8 heteroatoms. The van der Waals surface area contributed by atoms with E-state index in [-0.39, 0.29) is 31.4 Å². The summed E-state index contributed by atoms with van der Waals surface area (Å²) in [5, 5.41) is 5.02. The summed E-state index contributed by atoms with van der Waals surface area (Å²) >= 11 is 0. The van der Waals surface area contributed by atoms with E-state index >= 15 is 0 Å². The molecule has 2 N–H and O–H groups in total. The van der Waals surface area contributed by atoms with Crippen LogP contribution in [0.5, 0.6) is 0 Å². The third kappa shape index (κ3) is 16.7. The Labute approximate surface area is 124 Å². The molecule has 0 rings (SSSR count). The van der Waals surface area contributed by atoms with Gasteiger partial charge < -0.3 is 24.8 Å². The minimum Gasteiger partial charge on any atom is -0.379 e. The summed E-state index contributed by atoms with van der Waals surface area (Å²) < 4.78 is 27.4. The van der Waals surface area contributed by atoms with Crippen LogP contribution in [0.4, 0.5) is 4.39 Å². The molecule has 0 heterocycles. The summed E-state index contributed by atoms with van der Waals surface area (Å²) in [5.41, 5.74) is 0. The van der Waals surface area contributed by atoms with Crippen molar-refractivity contribution in [2.75, 3.05) is 59.4 Å². The molecule has 124 valence electrons. The molecule has 0 aromatic rings. The molecule has 0 aliphatic heterocycles. The topological polar surface area (TPSA) is 85.9 Å². The second kappa shape index (κ2) is 15.1. The highest BCUT2D eigenvalue weighted by Crippen LogP contribution is 1.85. The summed E-state index contributed by atoms with van der Waals surface area (Å²) in [7, 11) is 0. The molecule has 2 amide bonds. The van der Waals surface area contributed by atoms with E-state index in [1.54, 1.807) is 0 Å². The number of amides is 2. The lowest BCUT2D eigenvalue weighted by Crippen LogP contribution is -2.26. The molecule has 0 fully saturated rings. The van der Waals surface area contributed by atoms with E-state index in [0.717, 1.165) is 0 Å². The predicted octanol–water partition coefficient (Wildman–Crippen LogP) is -0.352. The third-order valence-electron chi connectivity index (χ3n) is 2.25. The average Bonchev–Trinajstić information content (AvgIpc) is 2.45. The number of halogens is 1. The first-order valence-corrected chi connectivity index (χ1v) is 6.97. The van der Waals surface area contributed by atoms with Crippen LogP contribution in [0.1, 0.15) is 13.3 Å². The Morgan fingerprint density at radius 2 is 1.43 bits per heavy atom. The van der Waals surface area contributed by atoms with Gasteiger partial charge in [-0.1, -0.05) is 0 Å². The van der Waals surface area contributed by atoms with Gasteiger partial charge in [0.2, 0.25) is 11.8 Å². The van der Waals surface area contributed by atoms with Crippen LogP contribution in [0.3, 0.4) is 0 Å². The van der Waals surface area contributed by atoms with Gasteiger partial charge in [-0.05, 0) is 0 Å². The highest BCUT2D eigenvalue weighted by atomic mass is 19.1. The molecule has 0 atom stereocenters. The highest BCUT2D eigenvalue weighted by Gasteiger charge is 1.99. The number of carbonyl (C=O) groups is 2. The molecule has 0 radical (unpaired) electrons. The minimum absolute atomic E-state index is 0.0455. The first-order valence-electron chi connectivity index (χ1n) is 6.97. The number of hydrogen-bond acceptors (Lipinski definition) is 5. The molecule has 0 bridgehead atoms. The number of alkyl halides is 1. The van der Waals surface area contributed by atoms with E-state index in [9.17, 15) is 14.0 Å². The molecule has 0 saturated heterocycles. The SMILES string of the molecule is CC(=O)NCCOCCOCCOCCC(=O)NCCF. The maximum atomic E-state index is 11.8. The molecule has 0 aliphatic rings. The zero-order valence-electron chi connectivity index (χ0n) is 12.5. The fourth-order valence-corrected chi connectivity index (χ4v) is 1.28. The van der Waals surface area contributed by atoms with Gasteiger partial charge in [-0.2, -0.15) is 0 Å². The van der Waals surface area contributed by atoms with Crippen molar-refractivity contribution in [3.63, 3.8) is 0 Å². The summed E-state index contributed by atoms with van der Waals surface area (Å²) in [5.74, 6) is -0.300. The van der Waals surface area contributed by atoms with Crippen LogP contribution in [0.25, 0.3) is 0 Å². The van der Waals surface area contributed by atoms with Gasteiger partial charge in [0, 0.05) is 26.4 Å². The van der Waals surface area contributed by atoms with Crippen LogP contribution < -0.4 is 10.6 Å². The zero-order valence-corrected chi connectivity index (χ0v) is 12.5. The Bertz CT molecular complexity index is 279. The van der Waals surface area contributed by atoms with Crippen molar-refractivity contribution >= 4 is 11.8 Å². The molecular formula is C13H25FN2O5. The van der Waals surface area contributed by atoms with Crippen molar-refractivity contribution in [1.29, 1.82) is 0 Å². The molecule has 0 aliphatic carbocycles. The normalized spacial score (nSPS) is 10.4. The second-order valence-electron chi connectivity index (χ2n) is 4.11. The maximum absolute atomic E-state index is 11.8. The van der Waals surface area contributed by atoms with E-state index < -0.39 is 6.67 Å². The van der Waals surface area contributed by atoms with Crippen LogP contribution in [-0.2, 0) is 23.8 Å². The standard InChI is InChI=1S/C13H25FN2O5/c1-12(17)15-5-7-20-9-11-21-10-8-19-6-2-13(18)16-4-3-14/h2-11H2,1H3,(H,15,17)(H,16,18). The van der Waals surface area contributed by atoms with E-state index in [0.29, 0.717) is 39.6 Å². The monoisotopic (exact) mass is 308 g/mol. The molecule has 0 spiro atoms. The largest absolute Gasteiger partial charge is 0.379 e. The van der Waals surface area contributed by atoms with Crippen LogP contribution in [0.15, 0.2) is 0 Å². The van der Waals surface area contributed by atoms with E-state index in [4.69, 9.17) is 14.2 Å². The molecule has 7 nitrogen and oxygen atoms in total. The summed E-state index contributed by atoms with van der Waals surface area (Å²) in [6.45, 7) is 3.87. The highest BCUT2D eigenvalue weighted by molar-refractivity contribution is 5.75. The molecule has 0 aromatic carbocycles. The van der Waals surface area contributed by atoms with Crippen molar-refractivity contribution < 1.29 is 28.2 Å². The van der Waals surface area contributed by atoms with Gasteiger partial charge in [0.15, 0.2) is 0 Å². The van der Waals surface area contributed by atoms with Gasteiger partial charge >= 0.3 is 0 Å².